The van der Waals surface area contributed by atoms with Crippen LogP contribution in [0.4, 0.5) is 5.00 Å². The largest absolute Gasteiger partial charge is 0.391 e. The molecule has 0 amide bonds. The number of aliphatic hydroxyl groups excluding tert-OH is 1. The van der Waals surface area contributed by atoms with Gasteiger partial charge in [-0.2, -0.15) is 9.64 Å². The molecule has 0 aliphatic heterocycles. The zero-order valence-electron chi connectivity index (χ0n) is 10.9. The molecule has 1 heterocycles. The summed E-state index contributed by atoms with van der Waals surface area (Å²) >= 11 is 6.94. The first-order chi connectivity index (χ1) is 9.61. The third-order valence-corrected chi connectivity index (χ3v) is 4.14. The molecule has 2 unspecified atom stereocenters. The summed E-state index contributed by atoms with van der Waals surface area (Å²) in [5.41, 5.74) is 1.40. The van der Waals surface area contributed by atoms with Gasteiger partial charge in [0.1, 0.15) is 16.6 Å². The van der Waals surface area contributed by atoms with E-state index in [1.54, 1.807) is 0 Å². The van der Waals surface area contributed by atoms with Crippen LogP contribution < -0.4 is 5.32 Å². The number of anilines is 1. The van der Waals surface area contributed by atoms with Gasteiger partial charge in [-0.3, -0.25) is 0 Å². The molecule has 0 aliphatic rings. The molecule has 0 fully saturated rings. The fourth-order valence-corrected chi connectivity index (χ4v) is 2.83. The van der Waals surface area contributed by atoms with Gasteiger partial charge >= 0.3 is 0 Å². The van der Waals surface area contributed by atoms with Crippen LogP contribution in [0.25, 0.3) is 0 Å². The van der Waals surface area contributed by atoms with E-state index < -0.39 is 6.10 Å². The minimum atomic E-state index is -0.565. The lowest BCUT2D eigenvalue weighted by atomic mass is 10.0. The highest BCUT2D eigenvalue weighted by molar-refractivity contribution is 7.10. The number of halogens is 1. The maximum absolute atomic E-state index is 10.2. The predicted molar refractivity (Wildman–Crippen MR) is 81.1 cm³/mol. The Kier molecular flexibility index (Phi) is 4.96. The second-order valence-corrected chi connectivity index (χ2v) is 5.61. The van der Waals surface area contributed by atoms with Crippen molar-refractivity contribution < 1.29 is 5.11 Å². The number of nitrogens with zero attached hydrogens (tertiary/aromatic N) is 2. The molecule has 2 N–H and O–H groups in total. The first-order valence-electron chi connectivity index (χ1n) is 6.15. The van der Waals surface area contributed by atoms with Gasteiger partial charge in [0.15, 0.2) is 5.15 Å². The number of nitrogens with one attached hydrogen (secondary N) is 1. The number of hydrogen-bond acceptors (Lipinski definition) is 5. The minimum Gasteiger partial charge on any atom is -0.391 e. The van der Waals surface area contributed by atoms with E-state index in [2.05, 4.69) is 9.69 Å². The molecule has 0 saturated heterocycles. The number of hydrogen-bond donors (Lipinski definition) is 2. The highest BCUT2D eigenvalue weighted by Crippen LogP contribution is 2.28. The lowest BCUT2D eigenvalue weighted by molar-refractivity contribution is 0.158. The molecule has 20 heavy (non-hydrogen) atoms. The van der Waals surface area contributed by atoms with Gasteiger partial charge in [0.25, 0.3) is 0 Å². The van der Waals surface area contributed by atoms with E-state index in [4.69, 9.17) is 16.9 Å². The number of rotatable bonds is 5. The van der Waals surface area contributed by atoms with Crippen LogP contribution in [-0.4, -0.2) is 21.6 Å². The Morgan fingerprint density at radius 1 is 1.45 bits per heavy atom. The summed E-state index contributed by atoms with van der Waals surface area (Å²) in [6.07, 6.45) is -0.0199. The highest BCUT2D eigenvalue weighted by atomic mass is 35.5. The van der Waals surface area contributed by atoms with E-state index >= 15 is 0 Å². The second-order valence-electron chi connectivity index (χ2n) is 4.48. The third kappa shape index (κ3) is 3.48. The monoisotopic (exact) mass is 307 g/mol. The summed E-state index contributed by atoms with van der Waals surface area (Å²) in [5, 5.41) is 23.1. The topological polar surface area (TPSA) is 68.9 Å². The first kappa shape index (κ1) is 14.8. The van der Waals surface area contributed by atoms with Crippen molar-refractivity contribution in [2.45, 2.75) is 25.5 Å². The fraction of sp³-hybridized carbons (Fsp3) is 0.286. The average molecular weight is 308 g/mol. The molecule has 0 radical (unpaired) electrons. The number of benzene rings is 1. The Hall–Kier alpha value is -1.61. The molecule has 104 valence electrons. The van der Waals surface area contributed by atoms with Crippen LogP contribution in [0.1, 0.15) is 18.1 Å². The van der Waals surface area contributed by atoms with Gasteiger partial charge in [0.2, 0.25) is 0 Å². The van der Waals surface area contributed by atoms with Gasteiger partial charge in [-0.1, -0.05) is 41.9 Å². The van der Waals surface area contributed by atoms with Crippen molar-refractivity contribution in [1.29, 1.82) is 5.26 Å². The number of aromatic nitrogens is 1. The van der Waals surface area contributed by atoms with Crippen LogP contribution in [0.5, 0.6) is 0 Å². The first-order valence-corrected chi connectivity index (χ1v) is 7.30. The molecule has 0 spiro atoms. The molecule has 1 aromatic heterocycles. The zero-order valence-corrected chi connectivity index (χ0v) is 12.4. The number of aliphatic hydroxyl groups is 1. The highest BCUT2D eigenvalue weighted by Gasteiger charge is 2.19. The van der Waals surface area contributed by atoms with Crippen molar-refractivity contribution in [2.24, 2.45) is 0 Å². The van der Waals surface area contributed by atoms with Crippen LogP contribution in [0.3, 0.4) is 0 Å². The molecule has 0 aliphatic carbocycles. The lowest BCUT2D eigenvalue weighted by Crippen LogP contribution is -2.32. The Balaban J connectivity index is 2.01. The van der Waals surface area contributed by atoms with Gasteiger partial charge in [-0.15, -0.1) is 0 Å². The minimum absolute atomic E-state index is 0.199. The van der Waals surface area contributed by atoms with Crippen LogP contribution in [0.2, 0.25) is 5.15 Å². The van der Waals surface area contributed by atoms with E-state index in [9.17, 15) is 5.11 Å². The summed E-state index contributed by atoms with van der Waals surface area (Å²) in [7, 11) is 0. The molecule has 6 heteroatoms. The SMILES string of the molecule is CC(Nc1snc(Cl)c1C#N)C(O)Cc1ccccc1. The van der Waals surface area contributed by atoms with Crippen LogP contribution >= 0.6 is 23.1 Å². The molecule has 1 aromatic carbocycles. The Morgan fingerprint density at radius 2 is 2.15 bits per heavy atom. The van der Waals surface area contributed by atoms with Crippen molar-refractivity contribution in [3.8, 4) is 6.07 Å². The van der Waals surface area contributed by atoms with Crippen LogP contribution in [0.15, 0.2) is 30.3 Å². The van der Waals surface area contributed by atoms with E-state index in [-0.39, 0.29) is 11.2 Å². The maximum Gasteiger partial charge on any atom is 0.162 e. The molecular formula is C14H14ClN3OS. The van der Waals surface area contributed by atoms with Crippen LogP contribution in [0, 0.1) is 11.3 Å². The summed E-state index contributed by atoms with van der Waals surface area (Å²) in [4.78, 5) is 0. The van der Waals surface area contributed by atoms with Gasteiger partial charge < -0.3 is 10.4 Å². The van der Waals surface area contributed by atoms with Gasteiger partial charge in [0, 0.05) is 6.42 Å². The predicted octanol–water partition coefficient (Wildman–Crippen LogP) is 3.07. The quantitative estimate of drug-likeness (QED) is 0.890. The zero-order chi connectivity index (χ0) is 14.5. The van der Waals surface area contributed by atoms with Gasteiger partial charge in [-0.05, 0) is 24.0 Å². The van der Waals surface area contributed by atoms with E-state index in [0.717, 1.165) is 17.1 Å². The Morgan fingerprint density at radius 3 is 2.80 bits per heavy atom. The Bertz CT molecular complexity index is 609. The number of nitriles is 1. The second kappa shape index (κ2) is 6.71. The lowest BCUT2D eigenvalue weighted by Gasteiger charge is -2.20. The van der Waals surface area contributed by atoms with Gasteiger partial charge in [0.05, 0.1) is 12.1 Å². The van der Waals surface area contributed by atoms with Crippen LogP contribution in [-0.2, 0) is 6.42 Å². The summed E-state index contributed by atoms with van der Waals surface area (Å²) < 4.78 is 3.92. The van der Waals surface area contributed by atoms with E-state index in [0.29, 0.717) is 17.0 Å². The summed E-state index contributed by atoms with van der Waals surface area (Å²) in [6, 6.07) is 11.6. The third-order valence-electron chi connectivity index (χ3n) is 2.99. The van der Waals surface area contributed by atoms with Crippen molar-refractivity contribution in [2.75, 3.05) is 5.32 Å². The molecule has 2 rings (SSSR count). The molecule has 2 atom stereocenters. The van der Waals surface area contributed by atoms with E-state index in [1.165, 1.54) is 0 Å². The molecular weight excluding hydrogens is 294 g/mol. The summed E-state index contributed by atoms with van der Waals surface area (Å²) in [6.45, 7) is 1.86. The normalized spacial score (nSPS) is 13.5. The van der Waals surface area contributed by atoms with Crippen molar-refractivity contribution >= 4 is 28.1 Å². The maximum atomic E-state index is 10.2. The standard InChI is InChI=1S/C14H14ClN3OS/c1-9(12(19)7-10-5-3-2-4-6-10)17-14-11(8-16)13(15)18-20-14/h2-6,9,12,17,19H,7H2,1H3. The molecule has 0 bridgehead atoms. The van der Waals surface area contributed by atoms with E-state index in [1.807, 2.05) is 43.3 Å². The fourth-order valence-electron chi connectivity index (χ4n) is 1.80. The van der Waals surface area contributed by atoms with Crippen molar-refractivity contribution in [3.05, 3.63) is 46.6 Å². The summed E-state index contributed by atoms with van der Waals surface area (Å²) in [5.74, 6) is 0. The van der Waals surface area contributed by atoms with Crippen molar-refractivity contribution in [1.82, 2.24) is 4.37 Å². The molecule has 2 aromatic rings. The molecule has 4 nitrogen and oxygen atoms in total. The van der Waals surface area contributed by atoms with Crippen molar-refractivity contribution in [3.63, 3.8) is 0 Å². The smallest absolute Gasteiger partial charge is 0.162 e. The average Bonchev–Trinajstić information content (AvgIpc) is 2.80. The molecule has 0 saturated carbocycles. The van der Waals surface area contributed by atoms with Gasteiger partial charge in [-0.25, -0.2) is 0 Å². The Labute approximate surface area is 126 Å².